The lowest BCUT2D eigenvalue weighted by Crippen LogP contribution is -2.06. The van der Waals surface area contributed by atoms with Crippen LogP contribution in [-0.4, -0.2) is 15.9 Å². The van der Waals surface area contributed by atoms with Crippen LogP contribution in [-0.2, 0) is 6.42 Å². The molecule has 0 atom stereocenters. The molecule has 1 aromatic carbocycles. The highest BCUT2D eigenvalue weighted by atomic mass is 35.5. The fourth-order valence-electron chi connectivity index (χ4n) is 2.27. The normalized spacial score (nSPS) is 11.1. The monoisotopic (exact) mass is 271 g/mol. The molecule has 96 valence electrons. The van der Waals surface area contributed by atoms with Crippen molar-refractivity contribution in [2.24, 2.45) is 5.73 Å². The second-order valence-corrected chi connectivity index (χ2v) is 4.82. The molecule has 0 radical (unpaired) electrons. The molecule has 3 nitrogen and oxygen atoms in total. The van der Waals surface area contributed by atoms with Gasteiger partial charge in [0, 0.05) is 18.2 Å². The minimum absolute atomic E-state index is 0.583. The molecule has 0 aliphatic carbocycles. The van der Waals surface area contributed by atoms with Gasteiger partial charge in [-0.1, -0.05) is 41.9 Å². The highest BCUT2D eigenvalue weighted by Crippen LogP contribution is 2.25. The third-order valence-corrected chi connectivity index (χ3v) is 3.33. The summed E-state index contributed by atoms with van der Waals surface area (Å²) in [5.74, 6) is 0. The number of nitrogens with zero attached hydrogens (tertiary/aromatic N) is 2. The summed E-state index contributed by atoms with van der Waals surface area (Å²) < 4.78 is 2.03. The molecule has 19 heavy (non-hydrogen) atoms. The van der Waals surface area contributed by atoms with Crippen molar-refractivity contribution in [1.82, 2.24) is 9.38 Å². The van der Waals surface area contributed by atoms with Gasteiger partial charge in [0.05, 0.1) is 16.4 Å². The molecule has 0 fully saturated rings. The molecule has 2 aromatic heterocycles. The quantitative estimate of drug-likeness (QED) is 0.795. The lowest BCUT2D eigenvalue weighted by Gasteiger charge is -2.04. The number of fused-ring (bicyclic) bond motifs is 1. The van der Waals surface area contributed by atoms with E-state index in [2.05, 4.69) is 12.1 Å². The van der Waals surface area contributed by atoms with E-state index < -0.39 is 0 Å². The summed E-state index contributed by atoms with van der Waals surface area (Å²) >= 11 is 6.07. The molecule has 2 heterocycles. The van der Waals surface area contributed by atoms with Crippen molar-refractivity contribution in [2.75, 3.05) is 6.54 Å². The number of hydrogen-bond acceptors (Lipinski definition) is 2. The summed E-state index contributed by atoms with van der Waals surface area (Å²) in [5.41, 5.74) is 9.80. The Labute approximate surface area is 116 Å². The molecular formula is C15H14ClN3. The molecule has 3 rings (SSSR count). The summed E-state index contributed by atoms with van der Waals surface area (Å²) in [5, 5.41) is 0.697. The van der Waals surface area contributed by atoms with Crippen molar-refractivity contribution < 1.29 is 0 Å². The third kappa shape index (κ3) is 2.23. The van der Waals surface area contributed by atoms with Crippen LogP contribution < -0.4 is 5.73 Å². The molecule has 0 saturated carbocycles. The highest BCUT2D eigenvalue weighted by Gasteiger charge is 2.13. The number of rotatable bonds is 3. The van der Waals surface area contributed by atoms with E-state index in [9.17, 15) is 0 Å². The number of hydrogen-bond donors (Lipinski definition) is 1. The first kappa shape index (κ1) is 12.2. The Kier molecular flexibility index (Phi) is 3.23. The second kappa shape index (κ2) is 5.03. The van der Waals surface area contributed by atoms with Crippen LogP contribution in [0.15, 0.2) is 48.7 Å². The van der Waals surface area contributed by atoms with E-state index in [1.165, 1.54) is 0 Å². The van der Waals surface area contributed by atoms with Crippen LogP contribution in [0.1, 0.15) is 5.69 Å². The van der Waals surface area contributed by atoms with Crippen molar-refractivity contribution >= 4 is 17.2 Å². The van der Waals surface area contributed by atoms with Gasteiger partial charge >= 0.3 is 0 Å². The molecule has 0 spiro atoms. The van der Waals surface area contributed by atoms with Crippen LogP contribution in [0, 0.1) is 0 Å². The van der Waals surface area contributed by atoms with E-state index in [-0.39, 0.29) is 0 Å². The fourth-order valence-corrected chi connectivity index (χ4v) is 2.43. The highest BCUT2D eigenvalue weighted by molar-refractivity contribution is 6.30. The van der Waals surface area contributed by atoms with Gasteiger partial charge in [-0.3, -0.25) is 0 Å². The molecule has 0 unspecified atom stereocenters. The van der Waals surface area contributed by atoms with Gasteiger partial charge in [-0.15, -0.1) is 0 Å². The fraction of sp³-hybridized carbons (Fsp3) is 0.133. The van der Waals surface area contributed by atoms with Crippen molar-refractivity contribution in [1.29, 1.82) is 0 Å². The summed E-state index contributed by atoms with van der Waals surface area (Å²) in [7, 11) is 0. The van der Waals surface area contributed by atoms with Crippen LogP contribution >= 0.6 is 11.6 Å². The summed E-state index contributed by atoms with van der Waals surface area (Å²) in [6, 6.07) is 13.9. The number of aromatic nitrogens is 2. The Hall–Kier alpha value is -1.84. The Bertz CT molecular complexity index is 704. The van der Waals surface area contributed by atoms with Crippen molar-refractivity contribution in [3.63, 3.8) is 0 Å². The SMILES string of the molecule is NCCc1c(-c2ccccc2)nc2ccc(Cl)cn12. The lowest BCUT2D eigenvalue weighted by molar-refractivity contribution is 0.907. The molecule has 0 bridgehead atoms. The molecule has 0 aliphatic heterocycles. The summed E-state index contributed by atoms with van der Waals surface area (Å²) in [6.45, 7) is 0.583. The van der Waals surface area contributed by atoms with Gasteiger partial charge in [-0.25, -0.2) is 4.98 Å². The smallest absolute Gasteiger partial charge is 0.137 e. The van der Waals surface area contributed by atoms with Crippen molar-refractivity contribution in [3.05, 3.63) is 59.4 Å². The molecule has 0 aliphatic rings. The van der Waals surface area contributed by atoms with E-state index in [1.807, 2.05) is 40.9 Å². The van der Waals surface area contributed by atoms with Crippen LogP contribution in [0.4, 0.5) is 0 Å². The maximum absolute atomic E-state index is 6.07. The van der Waals surface area contributed by atoms with E-state index in [0.717, 1.165) is 29.0 Å². The van der Waals surface area contributed by atoms with Gasteiger partial charge in [0.25, 0.3) is 0 Å². The van der Waals surface area contributed by atoms with Crippen LogP contribution in [0.3, 0.4) is 0 Å². The lowest BCUT2D eigenvalue weighted by atomic mass is 10.1. The van der Waals surface area contributed by atoms with Gasteiger partial charge in [-0.2, -0.15) is 0 Å². The number of imidazole rings is 1. The number of halogens is 1. The number of pyridine rings is 1. The topological polar surface area (TPSA) is 43.3 Å². The van der Waals surface area contributed by atoms with Gasteiger partial charge in [0.15, 0.2) is 0 Å². The average Bonchev–Trinajstić information content (AvgIpc) is 2.79. The molecule has 3 aromatic rings. The first-order valence-electron chi connectivity index (χ1n) is 6.21. The molecule has 0 saturated heterocycles. The predicted octanol–water partition coefficient (Wildman–Crippen LogP) is 3.16. The van der Waals surface area contributed by atoms with E-state index in [4.69, 9.17) is 22.3 Å². The minimum atomic E-state index is 0.583. The Morgan fingerprint density at radius 2 is 1.89 bits per heavy atom. The largest absolute Gasteiger partial charge is 0.330 e. The number of nitrogens with two attached hydrogens (primary N) is 1. The van der Waals surface area contributed by atoms with Gasteiger partial charge in [0.2, 0.25) is 0 Å². The number of benzene rings is 1. The zero-order chi connectivity index (χ0) is 13.2. The Balaban J connectivity index is 2.26. The van der Waals surface area contributed by atoms with Crippen molar-refractivity contribution in [3.8, 4) is 11.3 Å². The maximum atomic E-state index is 6.07. The van der Waals surface area contributed by atoms with Gasteiger partial charge in [-0.05, 0) is 18.7 Å². The zero-order valence-electron chi connectivity index (χ0n) is 10.4. The van der Waals surface area contributed by atoms with Crippen LogP contribution in [0.25, 0.3) is 16.9 Å². The first-order chi connectivity index (χ1) is 9.29. The van der Waals surface area contributed by atoms with E-state index in [1.54, 1.807) is 0 Å². The molecular weight excluding hydrogens is 258 g/mol. The van der Waals surface area contributed by atoms with Crippen LogP contribution in [0.2, 0.25) is 5.02 Å². The Morgan fingerprint density at radius 3 is 2.63 bits per heavy atom. The average molecular weight is 272 g/mol. The maximum Gasteiger partial charge on any atom is 0.137 e. The molecule has 4 heteroatoms. The molecule has 2 N–H and O–H groups in total. The second-order valence-electron chi connectivity index (χ2n) is 4.39. The van der Waals surface area contributed by atoms with Crippen molar-refractivity contribution in [2.45, 2.75) is 6.42 Å². The standard InChI is InChI=1S/C15H14ClN3/c16-12-6-7-14-18-15(11-4-2-1-3-5-11)13(8-9-17)19(14)10-12/h1-7,10H,8-9,17H2. The summed E-state index contributed by atoms with van der Waals surface area (Å²) in [6.07, 6.45) is 2.66. The van der Waals surface area contributed by atoms with E-state index >= 15 is 0 Å². The van der Waals surface area contributed by atoms with Gasteiger partial charge in [0.1, 0.15) is 5.65 Å². The zero-order valence-corrected chi connectivity index (χ0v) is 11.1. The first-order valence-corrected chi connectivity index (χ1v) is 6.59. The van der Waals surface area contributed by atoms with Gasteiger partial charge < -0.3 is 10.1 Å². The third-order valence-electron chi connectivity index (χ3n) is 3.11. The van der Waals surface area contributed by atoms with E-state index in [0.29, 0.717) is 11.6 Å². The summed E-state index contributed by atoms with van der Waals surface area (Å²) in [4.78, 5) is 4.69. The van der Waals surface area contributed by atoms with Crippen LogP contribution in [0.5, 0.6) is 0 Å². The Morgan fingerprint density at radius 1 is 1.11 bits per heavy atom. The molecule has 0 amide bonds. The minimum Gasteiger partial charge on any atom is -0.330 e. The predicted molar refractivity (Wildman–Crippen MR) is 78.4 cm³/mol.